The van der Waals surface area contributed by atoms with Gasteiger partial charge in [0.15, 0.2) is 0 Å². The van der Waals surface area contributed by atoms with Crippen LogP contribution in [0.2, 0.25) is 0 Å². The second-order valence-electron chi connectivity index (χ2n) is 5.34. The van der Waals surface area contributed by atoms with Crippen LogP contribution in [0.1, 0.15) is 46.0 Å². The molecular weight excluding hydrogens is 184 g/mol. The zero-order valence-electron chi connectivity index (χ0n) is 8.95. The van der Waals surface area contributed by atoms with Gasteiger partial charge in [0.05, 0.1) is 0 Å². The van der Waals surface area contributed by atoms with Gasteiger partial charge in [-0.1, -0.05) is 6.92 Å². The maximum atomic E-state index is 12.9. The van der Waals surface area contributed by atoms with E-state index < -0.39 is 5.92 Å². The summed E-state index contributed by atoms with van der Waals surface area (Å²) in [5.74, 6) is -2.41. The minimum Gasteiger partial charge on any atom is -0.311 e. The van der Waals surface area contributed by atoms with Crippen LogP contribution in [0.5, 0.6) is 0 Å². The first-order valence-electron chi connectivity index (χ1n) is 5.55. The fourth-order valence-electron chi connectivity index (χ4n) is 2.28. The standard InChI is InChI=1S/C11H19F2N/c1-8(10(2)5-6-10)14-9-3-4-11(12,13)7-9/h8-9,14H,3-7H2,1-2H3. The van der Waals surface area contributed by atoms with Gasteiger partial charge in [-0.25, -0.2) is 8.78 Å². The Balaban J connectivity index is 1.81. The summed E-state index contributed by atoms with van der Waals surface area (Å²) in [5.41, 5.74) is 0.387. The number of hydrogen-bond donors (Lipinski definition) is 1. The molecule has 0 saturated heterocycles. The predicted octanol–water partition coefficient (Wildman–Crippen LogP) is 2.95. The molecule has 0 spiro atoms. The van der Waals surface area contributed by atoms with Crippen LogP contribution in [-0.4, -0.2) is 18.0 Å². The molecule has 0 aromatic heterocycles. The van der Waals surface area contributed by atoms with Crippen LogP contribution in [0.4, 0.5) is 8.78 Å². The minimum absolute atomic E-state index is 0.0351. The van der Waals surface area contributed by atoms with Crippen molar-refractivity contribution in [2.75, 3.05) is 0 Å². The van der Waals surface area contributed by atoms with E-state index in [0.717, 1.165) is 0 Å². The van der Waals surface area contributed by atoms with Crippen LogP contribution in [0, 0.1) is 5.41 Å². The molecule has 2 unspecified atom stereocenters. The third-order valence-corrected chi connectivity index (χ3v) is 3.97. The van der Waals surface area contributed by atoms with E-state index in [1.165, 1.54) is 12.8 Å². The van der Waals surface area contributed by atoms with Crippen LogP contribution in [0.25, 0.3) is 0 Å². The summed E-state index contributed by atoms with van der Waals surface area (Å²) < 4.78 is 25.8. The molecule has 2 rings (SSSR count). The minimum atomic E-state index is -2.41. The van der Waals surface area contributed by atoms with Gasteiger partial charge < -0.3 is 5.32 Å². The molecule has 2 atom stereocenters. The van der Waals surface area contributed by atoms with Crippen LogP contribution in [0.15, 0.2) is 0 Å². The predicted molar refractivity (Wildman–Crippen MR) is 52.5 cm³/mol. The summed E-state index contributed by atoms with van der Waals surface area (Å²) in [7, 11) is 0. The van der Waals surface area contributed by atoms with Crippen LogP contribution in [-0.2, 0) is 0 Å². The molecule has 1 nitrogen and oxygen atoms in total. The van der Waals surface area contributed by atoms with E-state index in [0.29, 0.717) is 17.9 Å². The van der Waals surface area contributed by atoms with Crippen molar-refractivity contribution in [3.63, 3.8) is 0 Å². The SMILES string of the molecule is CC(NC1CCC(F)(F)C1)C1(C)CC1. The third kappa shape index (κ3) is 2.08. The number of halogens is 2. The molecule has 2 aliphatic carbocycles. The topological polar surface area (TPSA) is 12.0 Å². The summed E-state index contributed by atoms with van der Waals surface area (Å²) in [6.07, 6.45) is 3.21. The maximum absolute atomic E-state index is 12.9. The highest BCUT2D eigenvalue weighted by Gasteiger charge is 2.45. The van der Waals surface area contributed by atoms with Crippen molar-refractivity contribution >= 4 is 0 Å². The fourth-order valence-corrected chi connectivity index (χ4v) is 2.28. The van der Waals surface area contributed by atoms with Gasteiger partial charge in [0.1, 0.15) is 0 Å². The van der Waals surface area contributed by atoms with Gasteiger partial charge in [-0.2, -0.15) is 0 Å². The van der Waals surface area contributed by atoms with Crippen molar-refractivity contribution in [2.24, 2.45) is 5.41 Å². The molecule has 0 heterocycles. The smallest absolute Gasteiger partial charge is 0.249 e. The molecule has 82 valence electrons. The normalized spacial score (nSPS) is 35.6. The molecule has 1 N–H and O–H groups in total. The van der Waals surface area contributed by atoms with Crippen molar-refractivity contribution in [3.8, 4) is 0 Å². The number of nitrogens with one attached hydrogen (secondary N) is 1. The Morgan fingerprint density at radius 1 is 1.29 bits per heavy atom. The van der Waals surface area contributed by atoms with E-state index in [-0.39, 0.29) is 18.9 Å². The highest BCUT2D eigenvalue weighted by Crippen LogP contribution is 2.48. The summed E-state index contributed by atoms with van der Waals surface area (Å²) in [4.78, 5) is 0. The van der Waals surface area contributed by atoms with Crippen molar-refractivity contribution in [1.29, 1.82) is 0 Å². The second kappa shape index (κ2) is 3.16. The summed E-state index contributed by atoms with van der Waals surface area (Å²) in [5, 5.41) is 3.36. The van der Waals surface area contributed by atoms with E-state index in [1.54, 1.807) is 0 Å². The Hall–Kier alpha value is -0.180. The molecule has 0 aliphatic heterocycles. The van der Waals surface area contributed by atoms with E-state index in [9.17, 15) is 8.78 Å². The molecule has 2 aliphatic rings. The van der Waals surface area contributed by atoms with Gasteiger partial charge >= 0.3 is 0 Å². The van der Waals surface area contributed by atoms with Crippen molar-refractivity contribution in [3.05, 3.63) is 0 Å². The zero-order valence-corrected chi connectivity index (χ0v) is 8.95. The Kier molecular flexibility index (Phi) is 2.33. The Morgan fingerprint density at radius 2 is 1.93 bits per heavy atom. The summed E-state index contributed by atoms with van der Waals surface area (Å²) in [6.45, 7) is 4.36. The second-order valence-corrected chi connectivity index (χ2v) is 5.34. The molecule has 0 aromatic carbocycles. The van der Waals surface area contributed by atoms with Crippen LogP contribution >= 0.6 is 0 Å². The van der Waals surface area contributed by atoms with E-state index >= 15 is 0 Å². The Morgan fingerprint density at radius 3 is 2.36 bits per heavy atom. The maximum Gasteiger partial charge on any atom is 0.249 e. The molecule has 14 heavy (non-hydrogen) atoms. The zero-order chi connectivity index (χ0) is 10.4. The molecule has 0 bridgehead atoms. The first-order chi connectivity index (χ1) is 6.41. The summed E-state index contributed by atoms with van der Waals surface area (Å²) in [6, 6.07) is 0.429. The number of alkyl halides is 2. The third-order valence-electron chi connectivity index (χ3n) is 3.97. The Bertz CT molecular complexity index is 223. The average Bonchev–Trinajstić information content (AvgIpc) is 2.72. The molecule has 2 saturated carbocycles. The lowest BCUT2D eigenvalue weighted by Crippen LogP contribution is -2.40. The van der Waals surface area contributed by atoms with Crippen LogP contribution in [0.3, 0.4) is 0 Å². The average molecular weight is 203 g/mol. The van der Waals surface area contributed by atoms with Crippen molar-refractivity contribution in [1.82, 2.24) is 5.32 Å². The highest BCUT2D eigenvalue weighted by atomic mass is 19.3. The first-order valence-corrected chi connectivity index (χ1v) is 5.55. The molecule has 0 aromatic rings. The lowest BCUT2D eigenvalue weighted by molar-refractivity contribution is 0.00637. The number of hydrogen-bond acceptors (Lipinski definition) is 1. The van der Waals surface area contributed by atoms with Gasteiger partial charge in [0.25, 0.3) is 0 Å². The number of rotatable bonds is 3. The van der Waals surface area contributed by atoms with Gasteiger partial charge in [-0.3, -0.25) is 0 Å². The van der Waals surface area contributed by atoms with E-state index in [2.05, 4.69) is 19.2 Å². The molecular formula is C11H19F2N. The molecule has 3 heteroatoms. The highest BCUT2D eigenvalue weighted by molar-refractivity contribution is 4.99. The van der Waals surface area contributed by atoms with Gasteiger partial charge in [0, 0.05) is 24.9 Å². The quantitative estimate of drug-likeness (QED) is 0.743. The van der Waals surface area contributed by atoms with Gasteiger partial charge in [-0.05, 0) is 31.6 Å². The fraction of sp³-hybridized carbons (Fsp3) is 1.00. The first kappa shape index (κ1) is 10.3. The molecule has 0 amide bonds. The van der Waals surface area contributed by atoms with E-state index in [1.807, 2.05) is 0 Å². The monoisotopic (exact) mass is 203 g/mol. The van der Waals surface area contributed by atoms with Crippen molar-refractivity contribution in [2.45, 2.75) is 64.0 Å². The summed E-state index contributed by atoms with van der Waals surface area (Å²) >= 11 is 0. The van der Waals surface area contributed by atoms with Gasteiger partial charge in [-0.15, -0.1) is 0 Å². The lowest BCUT2D eigenvalue weighted by Gasteiger charge is -2.24. The van der Waals surface area contributed by atoms with Crippen molar-refractivity contribution < 1.29 is 8.78 Å². The molecule has 0 radical (unpaired) electrons. The molecule has 2 fully saturated rings. The lowest BCUT2D eigenvalue weighted by atomic mass is 9.99. The van der Waals surface area contributed by atoms with Crippen LogP contribution < -0.4 is 5.32 Å². The largest absolute Gasteiger partial charge is 0.311 e. The Labute approximate surface area is 84.3 Å². The van der Waals surface area contributed by atoms with Gasteiger partial charge in [0.2, 0.25) is 5.92 Å². The van der Waals surface area contributed by atoms with E-state index in [4.69, 9.17) is 0 Å².